The van der Waals surface area contributed by atoms with Crippen LogP contribution in [0.4, 0.5) is 5.00 Å². The summed E-state index contributed by atoms with van der Waals surface area (Å²) >= 11 is 1.59. The first-order chi connectivity index (χ1) is 18.4. The first-order valence-electron chi connectivity index (χ1n) is 13.8. The van der Waals surface area contributed by atoms with Gasteiger partial charge in [0.15, 0.2) is 0 Å². The molecule has 6 rings (SSSR count). The number of ether oxygens (including phenoxy) is 2. The molecule has 198 valence electrons. The number of thiophene rings is 1. The number of hydrogen-bond donors (Lipinski definition) is 1. The molecule has 5 nitrogen and oxygen atoms in total. The number of carbonyl (C=O) groups excluding carboxylic acids is 2. The molecule has 3 aromatic rings. The Kier molecular flexibility index (Phi) is 6.55. The molecule has 1 amide bonds. The molecule has 2 aromatic carbocycles. The molecule has 3 aliphatic carbocycles. The fourth-order valence-corrected chi connectivity index (χ4v) is 8.96. The van der Waals surface area contributed by atoms with Gasteiger partial charge in [-0.05, 0) is 96.6 Å². The average molecular weight is 530 g/mol. The molecule has 1 saturated carbocycles. The van der Waals surface area contributed by atoms with Gasteiger partial charge in [-0.15, -0.1) is 11.3 Å². The summed E-state index contributed by atoms with van der Waals surface area (Å²) in [7, 11) is 1.73. The van der Waals surface area contributed by atoms with E-state index in [0.717, 1.165) is 49.0 Å². The Morgan fingerprint density at radius 3 is 2.71 bits per heavy atom. The molecule has 0 bridgehead atoms. The van der Waals surface area contributed by atoms with E-state index in [2.05, 4.69) is 30.4 Å². The summed E-state index contributed by atoms with van der Waals surface area (Å²) in [5.41, 5.74) is 5.50. The molecule has 0 unspecified atom stereocenters. The summed E-state index contributed by atoms with van der Waals surface area (Å²) < 4.78 is 11.0. The van der Waals surface area contributed by atoms with Gasteiger partial charge >= 0.3 is 5.97 Å². The van der Waals surface area contributed by atoms with Crippen molar-refractivity contribution in [2.75, 3.05) is 19.0 Å². The molecule has 4 atom stereocenters. The van der Waals surface area contributed by atoms with Gasteiger partial charge in [0.05, 0.1) is 25.7 Å². The number of anilines is 1. The number of rotatable bonds is 6. The van der Waals surface area contributed by atoms with E-state index in [0.29, 0.717) is 34.9 Å². The Bertz CT molecular complexity index is 1380. The molecule has 1 N–H and O–H groups in total. The standard InChI is InChI=1S/C32H35NO4S/c1-4-37-31(35)28-29-26(38-30(28)33-27(34)16-19-8-6-5-7-9-19)18-25-24-12-10-20-17-21(36-3)11-13-22(20)23(24)14-15-32(25,29)2/h5-9,11,13,17,23-25H,4,10,12,14-16,18H2,1-3H3,(H,33,34)/t23-,24-,25-,32-/m0/s1. The van der Waals surface area contributed by atoms with Gasteiger partial charge in [-0.1, -0.05) is 43.3 Å². The van der Waals surface area contributed by atoms with E-state index in [1.807, 2.05) is 37.3 Å². The number of carbonyl (C=O) groups is 2. The number of methoxy groups -OCH3 is 1. The van der Waals surface area contributed by atoms with Crippen molar-refractivity contribution in [2.45, 2.75) is 63.7 Å². The van der Waals surface area contributed by atoms with E-state index in [9.17, 15) is 9.59 Å². The maximum atomic E-state index is 13.4. The van der Waals surface area contributed by atoms with Crippen LogP contribution in [0.3, 0.4) is 0 Å². The van der Waals surface area contributed by atoms with Crippen LogP contribution in [0, 0.1) is 11.8 Å². The van der Waals surface area contributed by atoms with E-state index in [4.69, 9.17) is 9.47 Å². The van der Waals surface area contributed by atoms with Crippen molar-refractivity contribution in [3.8, 4) is 5.75 Å². The van der Waals surface area contributed by atoms with Gasteiger partial charge in [0.2, 0.25) is 5.91 Å². The maximum absolute atomic E-state index is 13.4. The van der Waals surface area contributed by atoms with Crippen LogP contribution in [0.25, 0.3) is 0 Å². The lowest BCUT2D eigenvalue weighted by molar-refractivity contribution is -0.115. The first kappa shape index (κ1) is 25.2. The smallest absolute Gasteiger partial charge is 0.341 e. The van der Waals surface area contributed by atoms with Crippen LogP contribution in [0.5, 0.6) is 5.75 Å². The second-order valence-electron chi connectivity index (χ2n) is 11.2. The quantitative estimate of drug-likeness (QED) is 0.362. The van der Waals surface area contributed by atoms with E-state index >= 15 is 0 Å². The van der Waals surface area contributed by atoms with E-state index in [1.165, 1.54) is 16.0 Å². The second kappa shape index (κ2) is 9.88. The number of aryl methyl sites for hydroxylation is 1. The van der Waals surface area contributed by atoms with Crippen molar-refractivity contribution in [3.05, 3.63) is 81.2 Å². The third-order valence-corrected chi connectivity index (χ3v) is 10.3. The highest BCUT2D eigenvalue weighted by atomic mass is 32.1. The van der Waals surface area contributed by atoms with Gasteiger partial charge in [-0.2, -0.15) is 0 Å². The fraction of sp³-hybridized carbons (Fsp3) is 0.438. The number of fused-ring (bicyclic) bond motifs is 7. The summed E-state index contributed by atoms with van der Waals surface area (Å²) in [5.74, 6) is 2.14. The highest BCUT2D eigenvalue weighted by molar-refractivity contribution is 7.17. The van der Waals surface area contributed by atoms with Crippen LogP contribution in [-0.2, 0) is 34.2 Å². The molecular weight excluding hydrogens is 494 g/mol. The Labute approximate surface area is 228 Å². The minimum Gasteiger partial charge on any atom is -0.497 e. The Morgan fingerprint density at radius 1 is 1.13 bits per heavy atom. The van der Waals surface area contributed by atoms with Crippen molar-refractivity contribution in [1.82, 2.24) is 0 Å². The molecule has 6 heteroatoms. The topological polar surface area (TPSA) is 64.6 Å². The molecule has 0 radical (unpaired) electrons. The Balaban J connectivity index is 1.31. The second-order valence-corrected chi connectivity index (χ2v) is 12.3. The van der Waals surface area contributed by atoms with E-state index in [-0.39, 0.29) is 23.7 Å². The van der Waals surface area contributed by atoms with Crippen LogP contribution >= 0.6 is 11.3 Å². The van der Waals surface area contributed by atoms with Crippen molar-refractivity contribution >= 4 is 28.2 Å². The summed E-state index contributed by atoms with van der Waals surface area (Å²) in [6.07, 6.45) is 5.60. The summed E-state index contributed by atoms with van der Waals surface area (Å²) in [6, 6.07) is 16.3. The summed E-state index contributed by atoms with van der Waals surface area (Å²) in [6.45, 7) is 4.50. The zero-order chi connectivity index (χ0) is 26.4. The molecule has 1 fully saturated rings. The number of hydrogen-bond acceptors (Lipinski definition) is 5. The molecule has 0 aliphatic heterocycles. The molecule has 0 spiro atoms. The highest BCUT2D eigenvalue weighted by Crippen LogP contribution is 2.63. The summed E-state index contributed by atoms with van der Waals surface area (Å²) in [4.78, 5) is 27.6. The number of benzene rings is 2. The van der Waals surface area contributed by atoms with Gasteiger partial charge < -0.3 is 14.8 Å². The Morgan fingerprint density at radius 2 is 1.95 bits per heavy atom. The lowest BCUT2D eigenvalue weighted by Crippen LogP contribution is -2.43. The predicted molar refractivity (Wildman–Crippen MR) is 150 cm³/mol. The highest BCUT2D eigenvalue weighted by Gasteiger charge is 2.55. The minimum atomic E-state index is -0.315. The lowest BCUT2D eigenvalue weighted by Gasteiger charge is -2.49. The van der Waals surface area contributed by atoms with Gasteiger partial charge in [-0.25, -0.2) is 4.79 Å². The van der Waals surface area contributed by atoms with E-state index in [1.54, 1.807) is 18.4 Å². The largest absolute Gasteiger partial charge is 0.497 e. The predicted octanol–water partition coefficient (Wildman–Crippen LogP) is 6.68. The normalized spacial score (nSPS) is 25.0. The molecule has 38 heavy (non-hydrogen) atoms. The zero-order valence-electron chi connectivity index (χ0n) is 22.3. The SMILES string of the molecule is CCOC(=O)c1c(NC(=O)Cc2ccccc2)sc2c1[C@@]1(C)CC[C@H]3c4ccc(OC)cc4CC[C@@H]3[C@@H]1C2. The maximum Gasteiger partial charge on any atom is 0.341 e. The van der Waals surface area contributed by atoms with Gasteiger partial charge in [-0.3, -0.25) is 4.79 Å². The lowest BCUT2D eigenvalue weighted by atomic mass is 9.54. The molecular formula is C32H35NO4S. The third-order valence-electron chi connectivity index (χ3n) is 9.22. The molecule has 1 aromatic heterocycles. The summed E-state index contributed by atoms with van der Waals surface area (Å²) in [5, 5.41) is 3.74. The monoisotopic (exact) mass is 529 g/mol. The number of amides is 1. The minimum absolute atomic E-state index is 0.0958. The van der Waals surface area contributed by atoms with Gasteiger partial charge in [0.1, 0.15) is 10.8 Å². The van der Waals surface area contributed by atoms with Gasteiger partial charge in [0.25, 0.3) is 0 Å². The van der Waals surface area contributed by atoms with Crippen molar-refractivity contribution in [2.24, 2.45) is 11.8 Å². The fourth-order valence-electron chi connectivity index (χ4n) is 7.56. The van der Waals surface area contributed by atoms with Crippen LogP contribution in [0.2, 0.25) is 0 Å². The Hall–Kier alpha value is -3.12. The number of nitrogens with one attached hydrogen (secondary N) is 1. The van der Waals surface area contributed by atoms with Gasteiger partial charge in [0, 0.05) is 4.88 Å². The van der Waals surface area contributed by atoms with Crippen LogP contribution in [-0.4, -0.2) is 25.6 Å². The van der Waals surface area contributed by atoms with Crippen molar-refractivity contribution in [3.63, 3.8) is 0 Å². The first-order valence-corrected chi connectivity index (χ1v) is 14.6. The number of esters is 1. The van der Waals surface area contributed by atoms with Crippen LogP contribution < -0.4 is 10.1 Å². The third kappa shape index (κ3) is 4.14. The average Bonchev–Trinajstić information content (AvgIpc) is 3.42. The molecule has 0 saturated heterocycles. The van der Waals surface area contributed by atoms with Crippen molar-refractivity contribution in [1.29, 1.82) is 0 Å². The zero-order valence-corrected chi connectivity index (χ0v) is 23.2. The van der Waals surface area contributed by atoms with Crippen LogP contribution in [0.1, 0.15) is 76.5 Å². The van der Waals surface area contributed by atoms with E-state index < -0.39 is 0 Å². The van der Waals surface area contributed by atoms with Crippen molar-refractivity contribution < 1.29 is 19.1 Å². The molecule has 1 heterocycles. The molecule has 3 aliphatic rings. The van der Waals surface area contributed by atoms with Crippen LogP contribution in [0.15, 0.2) is 48.5 Å².